The number of esters is 9. The zero-order valence-corrected chi connectivity index (χ0v) is 41.7. The van der Waals surface area contributed by atoms with Gasteiger partial charge in [0.1, 0.15) is 18.8 Å². The van der Waals surface area contributed by atoms with Crippen LogP contribution in [-0.4, -0.2) is 146 Å². The van der Waals surface area contributed by atoms with Crippen molar-refractivity contribution >= 4 is 53.7 Å². The first-order valence-electron chi connectivity index (χ1n) is 25.1. The number of fused-ring (bicyclic) bond motifs is 2. The third kappa shape index (κ3) is 17.4. The van der Waals surface area contributed by atoms with E-state index in [4.69, 9.17) is 29.5 Å². The summed E-state index contributed by atoms with van der Waals surface area (Å²) in [6, 6.07) is 0. The molecule has 9 saturated heterocycles. The highest BCUT2D eigenvalue weighted by Crippen LogP contribution is 2.64. The van der Waals surface area contributed by atoms with Crippen LogP contribution in [-0.2, 0) is 85.8 Å². The van der Waals surface area contributed by atoms with Gasteiger partial charge >= 0.3 is 53.7 Å². The Balaban J connectivity index is 0.000000150. The highest BCUT2D eigenvalue weighted by atomic mass is 16.6. The minimum absolute atomic E-state index is 0.0463. The number of rotatable bonds is 0. The summed E-state index contributed by atoms with van der Waals surface area (Å²) in [5.41, 5.74) is 0.457. The first-order chi connectivity index (χ1) is 33.5. The Morgan fingerprint density at radius 3 is 1.37 bits per heavy atom. The summed E-state index contributed by atoms with van der Waals surface area (Å²) in [6.45, 7) is 14.1. The second-order valence-electron chi connectivity index (χ2n) is 21.4. The molecule has 21 nitrogen and oxygen atoms in total. The number of carbonyl (C=O) groups excluding carboxylic acids is 9. The van der Waals surface area contributed by atoms with Gasteiger partial charge in [-0.1, -0.05) is 34.6 Å². The fourth-order valence-corrected chi connectivity index (χ4v) is 10.6. The first-order valence-corrected chi connectivity index (χ1v) is 25.1. The molecule has 13 fully saturated rings. The Kier molecular flexibility index (Phi) is 21.0. The molecule has 9 aliphatic heterocycles. The molecule has 0 amide bonds. The Morgan fingerprint density at radius 2 is 1.08 bits per heavy atom. The molecule has 4 bridgehead atoms. The summed E-state index contributed by atoms with van der Waals surface area (Å²) in [4.78, 5) is 93.6. The van der Waals surface area contributed by atoms with Gasteiger partial charge in [-0.05, 0) is 62.2 Å². The minimum Gasteiger partial charge on any atom is -0.466 e. The van der Waals surface area contributed by atoms with Crippen LogP contribution in [0.5, 0.6) is 0 Å². The number of aliphatic hydroxyl groups is 3. The second-order valence-corrected chi connectivity index (χ2v) is 21.4. The maximum absolute atomic E-state index is 11.4. The van der Waals surface area contributed by atoms with Crippen LogP contribution in [0.1, 0.15) is 131 Å². The average Bonchev–Trinajstić information content (AvgIpc) is 4.15. The lowest BCUT2D eigenvalue weighted by molar-refractivity contribution is -0.152. The van der Waals surface area contributed by atoms with Crippen molar-refractivity contribution in [2.24, 2.45) is 52.3 Å². The zero-order chi connectivity index (χ0) is 52.0. The van der Waals surface area contributed by atoms with E-state index in [1.165, 1.54) is 6.42 Å². The Hall–Kier alpha value is -4.89. The van der Waals surface area contributed by atoms with Gasteiger partial charge in [0.05, 0.1) is 89.4 Å². The molecule has 0 aromatic heterocycles. The molecule has 13 aliphatic rings. The van der Waals surface area contributed by atoms with Crippen LogP contribution in [0.4, 0.5) is 0 Å². The predicted molar refractivity (Wildman–Crippen MR) is 241 cm³/mol. The van der Waals surface area contributed by atoms with E-state index in [0.29, 0.717) is 113 Å². The van der Waals surface area contributed by atoms with Gasteiger partial charge in [0.2, 0.25) is 0 Å². The Labute approximate surface area is 413 Å². The molecule has 12 atom stereocenters. The van der Waals surface area contributed by atoms with E-state index in [0.717, 1.165) is 50.4 Å². The molecule has 12 unspecified atom stereocenters. The highest BCUT2D eigenvalue weighted by molar-refractivity contribution is 5.78. The SMILES string of the molecule is CC1(C)C2CC3OC(=O)C(C2)C31.CC1(C)COC(=O)C1.CC1COC(=O)C1.O=C1CC(O)CCO1.O=C1CC(O)CO1.O=C1CCCO1.O=C1CCCO1.O=C1OC2CC3CC1C2C3.O=C1OCCC1O. The van der Waals surface area contributed by atoms with Crippen molar-refractivity contribution in [2.75, 3.05) is 46.2 Å². The van der Waals surface area contributed by atoms with Gasteiger partial charge < -0.3 is 58.0 Å². The van der Waals surface area contributed by atoms with Crippen molar-refractivity contribution in [3.63, 3.8) is 0 Å². The minimum atomic E-state index is -0.847. The van der Waals surface area contributed by atoms with Gasteiger partial charge in [-0.25, -0.2) is 4.79 Å². The van der Waals surface area contributed by atoms with Crippen LogP contribution < -0.4 is 0 Å². The van der Waals surface area contributed by atoms with Crippen molar-refractivity contribution < 1.29 is 101 Å². The van der Waals surface area contributed by atoms with Crippen molar-refractivity contribution in [2.45, 2.75) is 161 Å². The number of aliphatic hydroxyl groups excluding tert-OH is 3. The average molecular weight is 1010 g/mol. The molecular formula is C50H74O21. The van der Waals surface area contributed by atoms with Crippen LogP contribution >= 0.6 is 0 Å². The standard InChI is InChI=1S/C10H14O2.C8H10O2.C6H10O2.C5H8O3.C5H8O2.2C4H6O3.2C4H6O2/c1-10(2)5-3-6-8(10)7(4-5)12-9(6)11;9-8-6-2-4-1-5(6)7(3-4)10-8;1-6(2)3-5(7)8-4-6;6-4-1-2-8-5(7)3-4;1-4-2-5(6)7-3-4;5-3-1-4(6)7-2-3;5-3-1-2-7-4(3)6;2*5-4-2-1-3-6-4/h5-8H,3-4H2,1-2H3;4-7H,1-3H2;3-4H2,1-2H3;4,6H,1-3H2;4H,2-3H2,1H3;2*3,5H,1-2H2;2*1-3H2. The predicted octanol–water partition coefficient (Wildman–Crippen LogP) is 3.00. The number of cyclic esters (lactones) is 7. The summed E-state index contributed by atoms with van der Waals surface area (Å²) in [6.07, 6.45) is 10.2. The fourth-order valence-electron chi connectivity index (χ4n) is 10.6. The lowest BCUT2D eigenvalue weighted by atomic mass is 9.80. The largest absolute Gasteiger partial charge is 0.466 e. The van der Waals surface area contributed by atoms with Gasteiger partial charge in [-0.3, -0.25) is 38.4 Å². The summed E-state index contributed by atoms with van der Waals surface area (Å²) in [7, 11) is 0. The van der Waals surface area contributed by atoms with E-state index in [-0.39, 0.29) is 84.6 Å². The van der Waals surface area contributed by atoms with E-state index < -0.39 is 24.3 Å². The molecule has 71 heavy (non-hydrogen) atoms. The molecule has 13 rings (SSSR count). The summed E-state index contributed by atoms with van der Waals surface area (Å²) in [5.74, 6) is 2.64. The molecule has 3 N–H and O–H groups in total. The lowest BCUT2D eigenvalue weighted by Crippen LogP contribution is -2.24. The van der Waals surface area contributed by atoms with Gasteiger partial charge in [-0.15, -0.1) is 0 Å². The number of hydrogen-bond donors (Lipinski definition) is 3. The number of ether oxygens (including phenoxy) is 9. The molecule has 0 radical (unpaired) electrons. The third-order valence-corrected chi connectivity index (χ3v) is 14.4. The first kappa shape index (κ1) is 57.0. The highest BCUT2D eigenvalue weighted by Gasteiger charge is 2.65. The van der Waals surface area contributed by atoms with Gasteiger partial charge in [0, 0.05) is 48.9 Å². The van der Waals surface area contributed by atoms with Gasteiger partial charge in [0.15, 0.2) is 6.10 Å². The van der Waals surface area contributed by atoms with Gasteiger partial charge in [0.25, 0.3) is 0 Å². The van der Waals surface area contributed by atoms with Crippen molar-refractivity contribution in [1.82, 2.24) is 0 Å². The van der Waals surface area contributed by atoms with Gasteiger partial charge in [-0.2, -0.15) is 0 Å². The third-order valence-electron chi connectivity index (χ3n) is 14.4. The van der Waals surface area contributed by atoms with Crippen molar-refractivity contribution in [3.05, 3.63) is 0 Å². The Bertz CT molecular complexity index is 1830. The molecule has 21 heteroatoms. The molecule has 0 spiro atoms. The van der Waals surface area contributed by atoms with Crippen LogP contribution in [0.25, 0.3) is 0 Å². The second kappa shape index (κ2) is 26.2. The molecule has 0 aromatic rings. The molecule has 400 valence electrons. The normalized spacial score (nSPS) is 35.6. The van der Waals surface area contributed by atoms with E-state index in [2.05, 4.69) is 42.3 Å². The topological polar surface area (TPSA) is 297 Å². The summed E-state index contributed by atoms with van der Waals surface area (Å²) < 4.78 is 42.2. The Morgan fingerprint density at radius 1 is 0.507 bits per heavy atom. The maximum atomic E-state index is 11.4. The van der Waals surface area contributed by atoms with E-state index in [9.17, 15) is 43.2 Å². The van der Waals surface area contributed by atoms with Crippen LogP contribution in [0.3, 0.4) is 0 Å². The maximum Gasteiger partial charge on any atom is 0.335 e. The van der Waals surface area contributed by atoms with Crippen molar-refractivity contribution in [3.8, 4) is 0 Å². The number of hydrogen-bond acceptors (Lipinski definition) is 21. The molecule has 0 aromatic carbocycles. The molecule has 4 saturated carbocycles. The lowest BCUT2D eigenvalue weighted by Gasteiger charge is -2.23. The fraction of sp³-hybridized carbons (Fsp3) is 0.820. The summed E-state index contributed by atoms with van der Waals surface area (Å²) >= 11 is 0. The van der Waals surface area contributed by atoms with Crippen molar-refractivity contribution in [1.29, 1.82) is 0 Å². The number of carbonyl (C=O) groups is 9. The van der Waals surface area contributed by atoms with E-state index in [1.54, 1.807) is 0 Å². The zero-order valence-electron chi connectivity index (χ0n) is 41.7. The molecular weight excluding hydrogens is 937 g/mol. The smallest absolute Gasteiger partial charge is 0.335 e. The quantitative estimate of drug-likeness (QED) is 0.232. The van der Waals surface area contributed by atoms with Crippen LogP contribution in [0, 0.1) is 52.3 Å². The van der Waals surface area contributed by atoms with Crippen LogP contribution in [0.2, 0.25) is 0 Å². The monoisotopic (exact) mass is 1010 g/mol. The molecule has 4 aliphatic carbocycles. The van der Waals surface area contributed by atoms with E-state index in [1.807, 2.05) is 20.8 Å². The summed E-state index contributed by atoms with van der Waals surface area (Å²) in [5, 5.41) is 25.9. The van der Waals surface area contributed by atoms with E-state index >= 15 is 0 Å². The molecule has 9 heterocycles. The van der Waals surface area contributed by atoms with Crippen LogP contribution in [0.15, 0.2) is 0 Å².